The third-order valence-electron chi connectivity index (χ3n) is 6.12. The van der Waals surface area contributed by atoms with E-state index >= 15 is 0 Å². The molecule has 2 fully saturated rings. The van der Waals surface area contributed by atoms with Gasteiger partial charge in [0, 0.05) is 12.6 Å². The molecule has 138 valence electrons. The van der Waals surface area contributed by atoms with E-state index in [2.05, 4.69) is 30.9 Å². The van der Waals surface area contributed by atoms with Gasteiger partial charge < -0.3 is 9.64 Å². The summed E-state index contributed by atoms with van der Waals surface area (Å²) in [6.45, 7) is 7.71. The number of benzene rings is 1. The topological polar surface area (TPSA) is 49.9 Å². The molecule has 1 saturated carbocycles. The van der Waals surface area contributed by atoms with Gasteiger partial charge in [0.1, 0.15) is 12.4 Å². The molecule has 5 nitrogen and oxygen atoms in total. The van der Waals surface area contributed by atoms with E-state index in [0.717, 1.165) is 26.1 Å². The second-order valence-electron chi connectivity index (χ2n) is 7.38. The maximum absolute atomic E-state index is 12.9. The van der Waals surface area contributed by atoms with Gasteiger partial charge in [0.25, 0.3) is 0 Å². The summed E-state index contributed by atoms with van der Waals surface area (Å²) in [4.78, 5) is 29.5. The van der Waals surface area contributed by atoms with Gasteiger partial charge in [-0.05, 0) is 43.5 Å². The Balaban J connectivity index is 1.47. The third-order valence-corrected chi connectivity index (χ3v) is 6.12. The van der Waals surface area contributed by atoms with Crippen LogP contribution in [0.15, 0.2) is 36.4 Å². The van der Waals surface area contributed by atoms with Gasteiger partial charge >= 0.3 is 0 Å². The van der Waals surface area contributed by atoms with Crippen LogP contribution in [0.1, 0.15) is 20.3 Å². The van der Waals surface area contributed by atoms with Crippen molar-refractivity contribution in [2.24, 2.45) is 23.7 Å². The summed E-state index contributed by atoms with van der Waals surface area (Å²) in [5, 5.41) is 0. The van der Waals surface area contributed by atoms with Gasteiger partial charge in [-0.15, -0.1) is 0 Å². The zero-order valence-electron chi connectivity index (χ0n) is 15.4. The van der Waals surface area contributed by atoms with Crippen molar-refractivity contribution in [1.82, 2.24) is 4.90 Å². The number of anilines is 1. The number of fused-ring (bicyclic) bond motifs is 5. The van der Waals surface area contributed by atoms with Crippen LogP contribution < -0.4 is 9.64 Å². The second-order valence-corrected chi connectivity index (χ2v) is 7.38. The molecule has 5 heteroatoms. The lowest BCUT2D eigenvalue weighted by Gasteiger charge is -2.20. The Morgan fingerprint density at radius 3 is 2.35 bits per heavy atom. The van der Waals surface area contributed by atoms with E-state index in [4.69, 9.17) is 4.74 Å². The molecule has 2 aliphatic carbocycles. The van der Waals surface area contributed by atoms with E-state index in [9.17, 15) is 9.59 Å². The lowest BCUT2D eigenvalue weighted by Crippen LogP contribution is -2.32. The first-order chi connectivity index (χ1) is 12.6. The van der Waals surface area contributed by atoms with Crippen molar-refractivity contribution in [1.29, 1.82) is 0 Å². The number of likely N-dealkylation sites (N-methyl/N-ethyl adjacent to an activating group) is 1. The molecule has 2 amide bonds. The van der Waals surface area contributed by atoms with E-state index in [1.807, 2.05) is 24.3 Å². The van der Waals surface area contributed by atoms with Gasteiger partial charge in [0.2, 0.25) is 11.8 Å². The quantitative estimate of drug-likeness (QED) is 0.558. The highest BCUT2D eigenvalue weighted by Crippen LogP contribution is 2.53. The zero-order chi connectivity index (χ0) is 18.3. The Morgan fingerprint density at radius 2 is 1.73 bits per heavy atom. The number of carbonyl (C=O) groups excluding carboxylic acids is 2. The molecule has 1 aromatic rings. The second kappa shape index (κ2) is 6.88. The number of ether oxygens (including phenoxy) is 1. The molecule has 0 N–H and O–H groups in total. The molecule has 26 heavy (non-hydrogen) atoms. The summed E-state index contributed by atoms with van der Waals surface area (Å²) in [6, 6.07) is 7.37. The van der Waals surface area contributed by atoms with Gasteiger partial charge in [-0.2, -0.15) is 0 Å². The van der Waals surface area contributed by atoms with Crippen molar-refractivity contribution in [2.75, 3.05) is 31.1 Å². The molecule has 4 unspecified atom stereocenters. The number of imide groups is 1. The standard InChI is InChI=1S/C21H26N2O3/c1-3-22(4-2)10-11-26-17-7-5-6-16(13-17)23-20(24)18-14-8-9-15(12-14)19(18)21(23)25/h5-9,13-15,18-19H,3-4,10-12H2,1-2H3. The number of carbonyl (C=O) groups is 2. The molecule has 1 aliphatic heterocycles. The number of nitrogens with zero attached hydrogens (tertiary/aromatic N) is 2. The normalized spacial score (nSPS) is 29.1. The molecule has 0 radical (unpaired) electrons. The van der Waals surface area contributed by atoms with E-state index in [-0.39, 0.29) is 35.5 Å². The molecule has 1 saturated heterocycles. The molecule has 1 heterocycles. The predicted molar refractivity (Wildman–Crippen MR) is 99.9 cm³/mol. The van der Waals surface area contributed by atoms with Crippen LogP contribution in [-0.2, 0) is 9.59 Å². The molecule has 1 aromatic carbocycles. The van der Waals surface area contributed by atoms with Crippen LogP contribution in [0.5, 0.6) is 5.75 Å². The monoisotopic (exact) mass is 354 g/mol. The summed E-state index contributed by atoms with van der Waals surface area (Å²) < 4.78 is 5.86. The van der Waals surface area contributed by atoms with Crippen LogP contribution >= 0.6 is 0 Å². The Morgan fingerprint density at radius 1 is 1.08 bits per heavy atom. The maximum atomic E-state index is 12.9. The molecule has 0 aromatic heterocycles. The number of amides is 2. The van der Waals surface area contributed by atoms with Crippen LogP contribution in [0.4, 0.5) is 5.69 Å². The third kappa shape index (κ3) is 2.75. The number of hydrogen-bond donors (Lipinski definition) is 0. The minimum Gasteiger partial charge on any atom is -0.492 e. The van der Waals surface area contributed by atoms with Crippen molar-refractivity contribution in [2.45, 2.75) is 20.3 Å². The molecular weight excluding hydrogens is 328 g/mol. The van der Waals surface area contributed by atoms with Gasteiger partial charge in [-0.1, -0.05) is 32.1 Å². The van der Waals surface area contributed by atoms with E-state index in [1.165, 1.54) is 4.90 Å². The molecule has 0 spiro atoms. The Kier molecular flexibility index (Phi) is 4.57. The molecular formula is C21H26N2O3. The average molecular weight is 354 g/mol. The Hall–Kier alpha value is -2.14. The molecule has 4 rings (SSSR count). The average Bonchev–Trinajstić information content (AvgIpc) is 3.33. The smallest absolute Gasteiger partial charge is 0.238 e. The largest absolute Gasteiger partial charge is 0.492 e. The highest BCUT2D eigenvalue weighted by atomic mass is 16.5. The first-order valence-corrected chi connectivity index (χ1v) is 9.65. The molecule has 4 atom stereocenters. The van der Waals surface area contributed by atoms with Crippen molar-refractivity contribution < 1.29 is 14.3 Å². The SMILES string of the molecule is CCN(CC)CCOc1cccc(N2C(=O)C3C4C=CC(C4)C3C2=O)c1. The van der Waals surface area contributed by atoms with E-state index < -0.39 is 0 Å². The molecule has 3 aliphatic rings. The number of rotatable bonds is 7. The zero-order valence-corrected chi connectivity index (χ0v) is 15.4. The summed E-state index contributed by atoms with van der Waals surface area (Å²) in [5.41, 5.74) is 0.633. The lowest BCUT2D eigenvalue weighted by atomic mass is 9.85. The highest BCUT2D eigenvalue weighted by Gasteiger charge is 2.59. The summed E-state index contributed by atoms with van der Waals surface area (Å²) in [5.74, 6) is 0.761. The van der Waals surface area contributed by atoms with Crippen LogP contribution in [0.3, 0.4) is 0 Å². The predicted octanol–water partition coefficient (Wildman–Crippen LogP) is 2.72. The van der Waals surface area contributed by atoms with Crippen LogP contribution in [-0.4, -0.2) is 43.0 Å². The van der Waals surface area contributed by atoms with Crippen molar-refractivity contribution in [3.05, 3.63) is 36.4 Å². The summed E-state index contributed by atoms with van der Waals surface area (Å²) >= 11 is 0. The van der Waals surface area contributed by atoms with Crippen LogP contribution in [0.2, 0.25) is 0 Å². The number of hydrogen-bond acceptors (Lipinski definition) is 4. The number of allylic oxidation sites excluding steroid dienone is 2. The van der Waals surface area contributed by atoms with Gasteiger partial charge in [0.15, 0.2) is 0 Å². The van der Waals surface area contributed by atoms with Crippen molar-refractivity contribution in [3.8, 4) is 5.75 Å². The fraction of sp³-hybridized carbons (Fsp3) is 0.524. The minimum atomic E-state index is -0.162. The summed E-state index contributed by atoms with van der Waals surface area (Å²) in [7, 11) is 0. The van der Waals surface area contributed by atoms with Gasteiger partial charge in [0.05, 0.1) is 17.5 Å². The minimum absolute atomic E-state index is 0.0443. The van der Waals surface area contributed by atoms with E-state index in [1.54, 1.807) is 0 Å². The van der Waals surface area contributed by atoms with E-state index in [0.29, 0.717) is 18.0 Å². The van der Waals surface area contributed by atoms with Crippen molar-refractivity contribution in [3.63, 3.8) is 0 Å². The maximum Gasteiger partial charge on any atom is 0.238 e. The van der Waals surface area contributed by atoms with Crippen molar-refractivity contribution >= 4 is 17.5 Å². The van der Waals surface area contributed by atoms with Crippen LogP contribution in [0.25, 0.3) is 0 Å². The first-order valence-electron chi connectivity index (χ1n) is 9.65. The Labute approximate surface area is 154 Å². The Bertz CT molecular complexity index is 711. The lowest BCUT2D eigenvalue weighted by molar-refractivity contribution is -0.123. The fourth-order valence-electron chi connectivity index (χ4n) is 4.70. The molecule has 2 bridgehead atoms. The van der Waals surface area contributed by atoms with Gasteiger partial charge in [-0.3, -0.25) is 9.59 Å². The van der Waals surface area contributed by atoms with Gasteiger partial charge in [-0.25, -0.2) is 4.90 Å². The first kappa shape index (κ1) is 17.3. The highest BCUT2D eigenvalue weighted by molar-refractivity contribution is 6.22. The van der Waals surface area contributed by atoms with Crippen LogP contribution in [0, 0.1) is 23.7 Å². The summed E-state index contributed by atoms with van der Waals surface area (Å²) in [6.07, 6.45) is 5.19. The fourth-order valence-corrected chi connectivity index (χ4v) is 4.70.